The molecule has 2 amide bonds. The van der Waals surface area contributed by atoms with E-state index in [2.05, 4.69) is 16.8 Å². The number of nitrogens with one attached hydrogen (secondary N) is 1. The van der Waals surface area contributed by atoms with E-state index in [-0.39, 0.29) is 17.0 Å². The van der Waals surface area contributed by atoms with Crippen molar-refractivity contribution in [1.29, 1.82) is 0 Å². The summed E-state index contributed by atoms with van der Waals surface area (Å²) in [6, 6.07) is 6.80. The van der Waals surface area contributed by atoms with Gasteiger partial charge in [-0.25, -0.2) is 9.36 Å². The molecule has 0 unspecified atom stereocenters. The van der Waals surface area contributed by atoms with Gasteiger partial charge in [0.1, 0.15) is 6.54 Å². The Balaban J connectivity index is 0.00000392. The van der Waals surface area contributed by atoms with Crippen molar-refractivity contribution in [2.75, 3.05) is 21.3 Å². The van der Waals surface area contributed by atoms with Crippen molar-refractivity contribution in [1.82, 2.24) is 5.32 Å². The van der Waals surface area contributed by atoms with E-state index in [1.54, 1.807) is 39.5 Å². The van der Waals surface area contributed by atoms with Crippen LogP contribution in [0.15, 0.2) is 36.7 Å². The van der Waals surface area contributed by atoms with E-state index in [9.17, 15) is 4.79 Å². The fraction of sp³-hybridized carbons (Fsp3) is 0.300. The van der Waals surface area contributed by atoms with Gasteiger partial charge in [-0.05, 0) is 23.8 Å². The van der Waals surface area contributed by atoms with Gasteiger partial charge < -0.3 is 42.2 Å². The van der Waals surface area contributed by atoms with E-state index in [0.29, 0.717) is 22.9 Å². The standard InChI is InChI=1S/C20H25N3O4.BrH/c1-5-8-23-9-6-15(7-10-23)16(22-20(21)24)11-14-12-17(25-2)19(27-4)18(13-14)26-3;/h6-7,9-13H,5,8H2,1-4H3,(H2-,21,22,24);1H/b16-11-;. The first kappa shape index (κ1) is 23.3. The zero-order valence-electron chi connectivity index (χ0n) is 16.5. The number of halogens is 1. The van der Waals surface area contributed by atoms with Crippen LogP contribution in [0.4, 0.5) is 4.79 Å². The van der Waals surface area contributed by atoms with Gasteiger partial charge in [0.05, 0.1) is 27.0 Å². The fourth-order valence-electron chi connectivity index (χ4n) is 2.72. The monoisotopic (exact) mass is 451 g/mol. The highest BCUT2D eigenvalue weighted by molar-refractivity contribution is 5.91. The number of pyridine rings is 1. The van der Waals surface area contributed by atoms with Crippen LogP contribution in [-0.4, -0.2) is 27.4 Å². The lowest BCUT2D eigenvalue weighted by Gasteiger charge is -2.14. The highest BCUT2D eigenvalue weighted by Crippen LogP contribution is 2.38. The van der Waals surface area contributed by atoms with Crippen LogP contribution in [0.2, 0.25) is 0 Å². The molecule has 1 aromatic heterocycles. The normalized spacial score (nSPS) is 10.6. The predicted octanol–water partition coefficient (Wildman–Crippen LogP) is -0.420. The number of aryl methyl sites for hydroxylation is 1. The molecular formula is C20H26BrN3O4. The average molecular weight is 452 g/mol. The summed E-state index contributed by atoms with van der Waals surface area (Å²) in [7, 11) is 4.65. The number of ether oxygens (including phenoxy) is 3. The molecular weight excluding hydrogens is 426 g/mol. The number of hydrogen-bond donors (Lipinski definition) is 2. The van der Waals surface area contributed by atoms with Crippen LogP contribution >= 0.6 is 0 Å². The van der Waals surface area contributed by atoms with Crippen molar-refractivity contribution < 1.29 is 40.6 Å². The molecule has 0 saturated carbocycles. The highest BCUT2D eigenvalue weighted by Gasteiger charge is 2.14. The van der Waals surface area contributed by atoms with Crippen LogP contribution in [0, 0.1) is 0 Å². The Labute approximate surface area is 175 Å². The quantitative estimate of drug-likeness (QED) is 0.533. The number of nitrogens with zero attached hydrogens (tertiary/aromatic N) is 1. The molecule has 0 saturated heterocycles. The van der Waals surface area contributed by atoms with Gasteiger partial charge in [0.15, 0.2) is 23.9 Å². The number of aromatic nitrogens is 1. The van der Waals surface area contributed by atoms with Crippen molar-refractivity contribution in [2.45, 2.75) is 19.9 Å². The average Bonchev–Trinajstić information content (AvgIpc) is 2.67. The molecule has 0 aliphatic carbocycles. The molecule has 0 fully saturated rings. The van der Waals surface area contributed by atoms with Gasteiger partial charge in [0, 0.05) is 24.1 Å². The number of hydrogen-bond acceptors (Lipinski definition) is 4. The molecule has 3 N–H and O–H groups in total. The van der Waals surface area contributed by atoms with Gasteiger partial charge in [-0.2, -0.15) is 0 Å². The minimum absolute atomic E-state index is 0. The molecule has 28 heavy (non-hydrogen) atoms. The molecule has 0 atom stereocenters. The Morgan fingerprint density at radius 1 is 1.11 bits per heavy atom. The number of carbonyl (C=O) groups excluding carboxylic acids is 1. The number of rotatable bonds is 8. The minimum atomic E-state index is -0.640. The molecule has 0 aliphatic rings. The second-order valence-electron chi connectivity index (χ2n) is 5.83. The summed E-state index contributed by atoms with van der Waals surface area (Å²) in [4.78, 5) is 11.5. The number of urea groups is 1. The summed E-state index contributed by atoms with van der Waals surface area (Å²) in [5, 5.41) is 2.68. The van der Waals surface area contributed by atoms with E-state index in [1.807, 2.05) is 24.5 Å². The highest BCUT2D eigenvalue weighted by atomic mass is 79.9. The maximum absolute atomic E-state index is 11.5. The number of amides is 2. The second kappa shape index (κ2) is 11.2. The second-order valence-corrected chi connectivity index (χ2v) is 5.83. The largest absolute Gasteiger partial charge is 1.00 e. The number of methoxy groups -OCH3 is 3. The lowest BCUT2D eigenvalue weighted by atomic mass is 10.1. The smallest absolute Gasteiger partial charge is 0.316 e. The first-order chi connectivity index (χ1) is 13.0. The molecule has 0 aliphatic heterocycles. The number of carbonyl (C=O) groups is 1. The van der Waals surface area contributed by atoms with Crippen molar-refractivity contribution in [3.63, 3.8) is 0 Å². The summed E-state index contributed by atoms with van der Waals surface area (Å²) in [5.74, 6) is 1.55. The molecule has 1 aromatic carbocycles. The summed E-state index contributed by atoms with van der Waals surface area (Å²) >= 11 is 0. The molecule has 0 radical (unpaired) electrons. The van der Waals surface area contributed by atoms with Crippen LogP contribution in [0.1, 0.15) is 24.5 Å². The van der Waals surface area contributed by atoms with Crippen molar-refractivity contribution in [2.24, 2.45) is 5.73 Å². The Morgan fingerprint density at radius 3 is 2.11 bits per heavy atom. The maximum atomic E-state index is 11.5. The minimum Gasteiger partial charge on any atom is -1.00 e. The van der Waals surface area contributed by atoms with Crippen LogP contribution in [0.5, 0.6) is 17.2 Å². The molecule has 0 bridgehead atoms. The van der Waals surface area contributed by atoms with Crippen molar-refractivity contribution in [3.8, 4) is 17.2 Å². The lowest BCUT2D eigenvalue weighted by Crippen LogP contribution is -3.00. The van der Waals surface area contributed by atoms with Crippen molar-refractivity contribution >= 4 is 17.8 Å². The Bertz CT molecular complexity index is 798. The number of primary amides is 1. The third-order valence-electron chi connectivity index (χ3n) is 3.94. The summed E-state index contributed by atoms with van der Waals surface area (Å²) in [6.07, 6.45) is 6.77. The first-order valence-electron chi connectivity index (χ1n) is 8.60. The van der Waals surface area contributed by atoms with Gasteiger partial charge in [-0.15, -0.1) is 0 Å². The van der Waals surface area contributed by atoms with E-state index in [4.69, 9.17) is 19.9 Å². The number of benzene rings is 1. The molecule has 8 heteroatoms. The Morgan fingerprint density at radius 2 is 1.68 bits per heavy atom. The summed E-state index contributed by atoms with van der Waals surface area (Å²) in [5.41, 5.74) is 7.52. The first-order valence-corrected chi connectivity index (χ1v) is 8.60. The third-order valence-corrected chi connectivity index (χ3v) is 3.94. The zero-order chi connectivity index (χ0) is 19.8. The van der Waals surface area contributed by atoms with E-state index in [1.165, 1.54) is 0 Å². The molecule has 2 aromatic rings. The van der Waals surface area contributed by atoms with E-state index >= 15 is 0 Å². The third kappa shape index (κ3) is 5.88. The van der Waals surface area contributed by atoms with Crippen LogP contribution in [0.3, 0.4) is 0 Å². The fourth-order valence-corrected chi connectivity index (χ4v) is 2.72. The Kier molecular flexibility index (Phi) is 9.31. The Hall–Kier alpha value is -2.74. The zero-order valence-corrected chi connectivity index (χ0v) is 18.1. The van der Waals surface area contributed by atoms with Gasteiger partial charge in [0.25, 0.3) is 0 Å². The SMILES string of the molecule is CCC[n+]1ccc(/C(=C/c2cc(OC)c(OC)c(OC)c2)NC(N)=O)cc1.[Br-]. The lowest BCUT2D eigenvalue weighted by molar-refractivity contribution is -0.697. The number of nitrogens with two attached hydrogens (primary N) is 1. The molecule has 7 nitrogen and oxygen atoms in total. The van der Waals surface area contributed by atoms with Crippen LogP contribution in [0.25, 0.3) is 11.8 Å². The predicted molar refractivity (Wildman–Crippen MR) is 104 cm³/mol. The maximum Gasteiger partial charge on any atom is 0.316 e. The van der Waals surface area contributed by atoms with E-state index in [0.717, 1.165) is 24.1 Å². The van der Waals surface area contributed by atoms with Gasteiger partial charge in [0.2, 0.25) is 5.75 Å². The van der Waals surface area contributed by atoms with Crippen LogP contribution in [-0.2, 0) is 6.54 Å². The molecule has 2 rings (SSSR count). The molecule has 152 valence electrons. The van der Waals surface area contributed by atoms with Gasteiger partial charge >= 0.3 is 6.03 Å². The summed E-state index contributed by atoms with van der Waals surface area (Å²) in [6.45, 7) is 3.04. The van der Waals surface area contributed by atoms with Crippen LogP contribution < -0.4 is 46.8 Å². The topological polar surface area (TPSA) is 86.7 Å². The summed E-state index contributed by atoms with van der Waals surface area (Å²) < 4.78 is 18.2. The molecule has 0 spiro atoms. The van der Waals surface area contributed by atoms with Gasteiger partial charge in [-0.3, -0.25) is 0 Å². The van der Waals surface area contributed by atoms with Gasteiger partial charge in [-0.1, -0.05) is 6.92 Å². The molecule has 1 heterocycles. The van der Waals surface area contributed by atoms with E-state index < -0.39 is 6.03 Å². The van der Waals surface area contributed by atoms with Crippen molar-refractivity contribution in [3.05, 3.63) is 47.8 Å².